The molecule has 0 atom stereocenters. The summed E-state index contributed by atoms with van der Waals surface area (Å²) in [5.41, 5.74) is 0.841. The summed E-state index contributed by atoms with van der Waals surface area (Å²) < 4.78 is 11.8. The summed E-state index contributed by atoms with van der Waals surface area (Å²) >= 11 is 4.13. The zero-order chi connectivity index (χ0) is 24.9. The molecule has 0 bridgehead atoms. The molecule has 4 rings (SSSR count). The number of benzene rings is 2. The number of thioether (sulfide) groups is 1. The molecular formula is C23H20BrN3O7S. The first-order valence-corrected chi connectivity index (χ1v) is 12.2. The molecule has 0 unspecified atom stereocenters. The van der Waals surface area contributed by atoms with E-state index in [9.17, 15) is 24.5 Å². The van der Waals surface area contributed by atoms with Crippen molar-refractivity contribution in [1.82, 2.24) is 9.80 Å². The Kier molecular flexibility index (Phi) is 7.83. The van der Waals surface area contributed by atoms with Crippen LogP contribution in [-0.2, 0) is 20.9 Å². The number of nitro benzene ring substituents is 1. The number of imide groups is 1. The minimum Gasteiger partial charge on any atom is -0.488 e. The van der Waals surface area contributed by atoms with Gasteiger partial charge in [0.15, 0.2) is 0 Å². The Balaban J connectivity index is 1.51. The molecule has 0 saturated carbocycles. The maximum Gasteiger partial charge on any atom is 0.294 e. The summed E-state index contributed by atoms with van der Waals surface area (Å²) in [7, 11) is 0. The van der Waals surface area contributed by atoms with E-state index in [4.69, 9.17) is 9.47 Å². The number of carbonyl (C=O) groups is 3. The molecule has 2 aromatic carbocycles. The van der Waals surface area contributed by atoms with Crippen LogP contribution in [0.15, 0.2) is 51.8 Å². The summed E-state index contributed by atoms with van der Waals surface area (Å²) in [4.78, 5) is 51.4. The van der Waals surface area contributed by atoms with E-state index in [1.54, 1.807) is 41.3 Å². The van der Waals surface area contributed by atoms with Crippen molar-refractivity contribution in [3.63, 3.8) is 0 Å². The second-order valence-electron chi connectivity index (χ2n) is 7.62. The number of hydrogen-bond acceptors (Lipinski definition) is 8. The van der Waals surface area contributed by atoms with Gasteiger partial charge < -0.3 is 14.4 Å². The number of para-hydroxylation sites is 1. The Morgan fingerprint density at radius 2 is 1.94 bits per heavy atom. The van der Waals surface area contributed by atoms with Crippen LogP contribution < -0.4 is 4.74 Å². The molecule has 0 aromatic heterocycles. The first-order chi connectivity index (χ1) is 16.8. The van der Waals surface area contributed by atoms with Crippen LogP contribution in [0.1, 0.15) is 11.1 Å². The molecule has 3 amide bonds. The highest BCUT2D eigenvalue weighted by atomic mass is 79.9. The minimum absolute atomic E-state index is 0.0581. The Morgan fingerprint density at radius 3 is 2.69 bits per heavy atom. The Bertz CT molecular complexity index is 1210. The van der Waals surface area contributed by atoms with Crippen LogP contribution in [0, 0.1) is 10.1 Å². The molecule has 10 nitrogen and oxygen atoms in total. The van der Waals surface area contributed by atoms with Gasteiger partial charge in [0, 0.05) is 29.2 Å². The molecule has 0 spiro atoms. The van der Waals surface area contributed by atoms with Crippen LogP contribution in [0.4, 0.5) is 10.5 Å². The van der Waals surface area contributed by atoms with Crippen molar-refractivity contribution in [2.45, 2.75) is 6.61 Å². The quantitative estimate of drug-likeness (QED) is 0.284. The standard InChI is InChI=1S/C23H20BrN3O7S/c24-17-5-6-19(34-14-15-3-1-2-4-18(15)27(31)32)16(11-17)12-20-22(29)26(23(30)35-20)13-21(28)25-7-9-33-10-8-25/h1-6,11-12H,7-10,13-14H2/b20-12-. The van der Waals surface area contributed by atoms with E-state index in [1.807, 2.05) is 0 Å². The molecule has 12 heteroatoms. The van der Waals surface area contributed by atoms with Crippen molar-refractivity contribution in [2.24, 2.45) is 0 Å². The average Bonchev–Trinajstić information content (AvgIpc) is 3.11. The summed E-state index contributed by atoms with van der Waals surface area (Å²) in [5.74, 6) is -0.499. The molecule has 2 heterocycles. The Morgan fingerprint density at radius 1 is 1.20 bits per heavy atom. The molecule has 2 aromatic rings. The van der Waals surface area contributed by atoms with Gasteiger partial charge in [0.25, 0.3) is 16.8 Å². The summed E-state index contributed by atoms with van der Waals surface area (Å²) in [5, 5.41) is 10.7. The normalized spacial score (nSPS) is 17.2. The van der Waals surface area contributed by atoms with Crippen LogP contribution in [0.2, 0.25) is 0 Å². The summed E-state index contributed by atoms with van der Waals surface area (Å²) in [6.45, 7) is 1.29. The van der Waals surface area contributed by atoms with E-state index in [0.717, 1.165) is 16.7 Å². The van der Waals surface area contributed by atoms with E-state index < -0.39 is 16.1 Å². The van der Waals surface area contributed by atoms with Gasteiger partial charge in [0.2, 0.25) is 5.91 Å². The molecule has 0 radical (unpaired) electrons. The lowest BCUT2D eigenvalue weighted by atomic mass is 10.1. The number of morpholine rings is 1. The molecule has 0 N–H and O–H groups in total. The maximum atomic E-state index is 12.9. The van der Waals surface area contributed by atoms with E-state index >= 15 is 0 Å². The van der Waals surface area contributed by atoms with Crippen molar-refractivity contribution < 1.29 is 28.8 Å². The number of rotatable bonds is 7. The zero-order valence-electron chi connectivity index (χ0n) is 18.3. The highest BCUT2D eigenvalue weighted by molar-refractivity contribution is 9.10. The molecule has 0 aliphatic carbocycles. The predicted octanol–water partition coefficient (Wildman–Crippen LogP) is 3.83. The molecule has 182 valence electrons. The van der Waals surface area contributed by atoms with Gasteiger partial charge in [-0.05, 0) is 42.1 Å². The fourth-order valence-electron chi connectivity index (χ4n) is 3.56. The highest BCUT2D eigenvalue weighted by Crippen LogP contribution is 2.35. The number of hydrogen-bond donors (Lipinski definition) is 0. The summed E-state index contributed by atoms with van der Waals surface area (Å²) in [6.07, 6.45) is 1.52. The van der Waals surface area contributed by atoms with Crippen LogP contribution in [0.5, 0.6) is 5.75 Å². The number of ether oxygens (including phenoxy) is 2. The lowest BCUT2D eigenvalue weighted by Gasteiger charge is -2.28. The van der Waals surface area contributed by atoms with E-state index in [1.165, 1.54) is 12.1 Å². The molecule has 2 fully saturated rings. The molecule has 2 aliphatic heterocycles. The maximum absolute atomic E-state index is 12.9. The van der Waals surface area contributed by atoms with E-state index in [0.29, 0.717) is 47.7 Å². The third-order valence-corrected chi connectivity index (χ3v) is 6.76. The third kappa shape index (κ3) is 5.89. The second-order valence-corrected chi connectivity index (χ2v) is 9.53. The summed E-state index contributed by atoms with van der Waals surface area (Å²) in [6, 6.07) is 11.4. The molecule has 35 heavy (non-hydrogen) atoms. The molecule has 2 aliphatic rings. The van der Waals surface area contributed by atoms with E-state index in [2.05, 4.69) is 15.9 Å². The van der Waals surface area contributed by atoms with E-state index in [-0.39, 0.29) is 29.7 Å². The fourth-order valence-corrected chi connectivity index (χ4v) is 4.76. The largest absolute Gasteiger partial charge is 0.488 e. The number of carbonyl (C=O) groups excluding carboxylic acids is 3. The zero-order valence-corrected chi connectivity index (χ0v) is 20.7. The first kappa shape index (κ1) is 24.9. The average molecular weight is 562 g/mol. The second kappa shape index (κ2) is 11.0. The lowest BCUT2D eigenvalue weighted by molar-refractivity contribution is -0.385. The topological polar surface area (TPSA) is 119 Å². The lowest BCUT2D eigenvalue weighted by Crippen LogP contribution is -2.46. The number of halogens is 1. The van der Waals surface area contributed by atoms with Gasteiger partial charge >= 0.3 is 0 Å². The van der Waals surface area contributed by atoms with Crippen molar-refractivity contribution >= 4 is 56.5 Å². The van der Waals surface area contributed by atoms with Gasteiger partial charge in [-0.25, -0.2) is 0 Å². The Labute approximate surface area is 213 Å². The number of nitro groups is 1. The van der Waals surface area contributed by atoms with Crippen molar-refractivity contribution in [2.75, 3.05) is 32.8 Å². The van der Waals surface area contributed by atoms with Gasteiger partial charge in [0.05, 0.1) is 28.6 Å². The van der Waals surface area contributed by atoms with Crippen LogP contribution in [0.25, 0.3) is 6.08 Å². The smallest absolute Gasteiger partial charge is 0.294 e. The van der Waals surface area contributed by atoms with Gasteiger partial charge in [0.1, 0.15) is 18.9 Å². The number of amides is 3. The first-order valence-electron chi connectivity index (χ1n) is 10.6. The third-order valence-electron chi connectivity index (χ3n) is 5.36. The van der Waals surface area contributed by atoms with Crippen molar-refractivity contribution in [1.29, 1.82) is 0 Å². The molecule has 2 saturated heterocycles. The van der Waals surface area contributed by atoms with Crippen LogP contribution >= 0.6 is 27.7 Å². The minimum atomic E-state index is -0.564. The van der Waals surface area contributed by atoms with Crippen LogP contribution in [-0.4, -0.2) is 64.6 Å². The monoisotopic (exact) mass is 561 g/mol. The molecular weight excluding hydrogens is 542 g/mol. The van der Waals surface area contributed by atoms with Gasteiger partial charge in [-0.2, -0.15) is 0 Å². The SMILES string of the molecule is O=C(CN1C(=O)S/C(=C\c2cc(Br)ccc2OCc2ccccc2[N+](=O)[O-])C1=O)N1CCOCC1. The van der Waals surface area contributed by atoms with Crippen molar-refractivity contribution in [3.8, 4) is 5.75 Å². The highest BCUT2D eigenvalue weighted by Gasteiger charge is 2.37. The van der Waals surface area contributed by atoms with Gasteiger partial charge in [-0.1, -0.05) is 28.1 Å². The van der Waals surface area contributed by atoms with Gasteiger partial charge in [-0.3, -0.25) is 29.4 Å². The fraction of sp³-hybridized carbons (Fsp3) is 0.261. The van der Waals surface area contributed by atoms with Crippen LogP contribution in [0.3, 0.4) is 0 Å². The Hall–Kier alpha value is -3.22. The number of nitrogens with zero attached hydrogens (tertiary/aromatic N) is 3. The van der Waals surface area contributed by atoms with Gasteiger partial charge in [-0.15, -0.1) is 0 Å². The predicted molar refractivity (Wildman–Crippen MR) is 132 cm³/mol. The van der Waals surface area contributed by atoms with Crippen molar-refractivity contribution in [3.05, 3.63) is 73.1 Å².